The van der Waals surface area contributed by atoms with Gasteiger partial charge in [0.15, 0.2) is 0 Å². The number of furan rings is 1. The highest BCUT2D eigenvalue weighted by Crippen LogP contribution is 2.19. The Kier molecular flexibility index (Phi) is 3.51. The maximum Gasteiger partial charge on any atom is 0.248 e. The van der Waals surface area contributed by atoms with Crippen molar-refractivity contribution in [2.75, 3.05) is 5.32 Å². The first kappa shape index (κ1) is 13.1. The monoisotopic (exact) mass is 281 g/mol. The van der Waals surface area contributed by atoms with E-state index >= 15 is 0 Å². The zero-order chi connectivity index (χ0) is 14.7. The van der Waals surface area contributed by atoms with Gasteiger partial charge in [0.05, 0.1) is 5.69 Å². The number of anilines is 1. The SMILES string of the molecule is O=C(/C=C/c1cc2ccccc2o1)Nc1ccccc1F. The maximum atomic E-state index is 13.4. The van der Waals surface area contributed by atoms with E-state index in [9.17, 15) is 9.18 Å². The van der Waals surface area contributed by atoms with Gasteiger partial charge in [-0.15, -0.1) is 0 Å². The first-order valence-electron chi connectivity index (χ1n) is 6.44. The van der Waals surface area contributed by atoms with Crippen molar-refractivity contribution in [2.24, 2.45) is 0 Å². The largest absolute Gasteiger partial charge is 0.457 e. The molecule has 0 aliphatic rings. The van der Waals surface area contributed by atoms with Gasteiger partial charge in [0.1, 0.15) is 17.2 Å². The van der Waals surface area contributed by atoms with Gasteiger partial charge >= 0.3 is 0 Å². The van der Waals surface area contributed by atoms with Gasteiger partial charge in [-0.05, 0) is 30.3 Å². The van der Waals surface area contributed by atoms with E-state index in [-0.39, 0.29) is 5.69 Å². The second-order valence-corrected chi connectivity index (χ2v) is 4.49. The standard InChI is InChI=1S/C17H12FNO2/c18-14-6-2-3-7-15(14)19-17(20)10-9-13-11-12-5-1-4-8-16(12)21-13/h1-11H,(H,19,20)/b10-9+. The number of nitrogens with one attached hydrogen (secondary N) is 1. The predicted octanol–water partition coefficient (Wildman–Crippen LogP) is 4.22. The predicted molar refractivity (Wildman–Crippen MR) is 80.3 cm³/mol. The van der Waals surface area contributed by atoms with Gasteiger partial charge in [0.25, 0.3) is 0 Å². The Balaban J connectivity index is 1.73. The number of para-hydroxylation sites is 2. The molecule has 0 fully saturated rings. The van der Waals surface area contributed by atoms with Crippen LogP contribution in [0.5, 0.6) is 0 Å². The van der Waals surface area contributed by atoms with Crippen LogP contribution < -0.4 is 5.32 Å². The average molecular weight is 281 g/mol. The number of rotatable bonds is 3. The molecule has 104 valence electrons. The molecule has 0 unspecified atom stereocenters. The third-order valence-corrected chi connectivity index (χ3v) is 2.98. The van der Waals surface area contributed by atoms with Crippen molar-refractivity contribution in [1.29, 1.82) is 0 Å². The van der Waals surface area contributed by atoms with Crippen LogP contribution in [0.3, 0.4) is 0 Å². The van der Waals surface area contributed by atoms with Crippen molar-refractivity contribution in [3.63, 3.8) is 0 Å². The molecule has 0 saturated carbocycles. The molecule has 0 bridgehead atoms. The van der Waals surface area contributed by atoms with Crippen molar-refractivity contribution in [3.8, 4) is 0 Å². The van der Waals surface area contributed by atoms with Crippen LogP contribution in [0.1, 0.15) is 5.76 Å². The van der Waals surface area contributed by atoms with Gasteiger partial charge in [-0.2, -0.15) is 0 Å². The van der Waals surface area contributed by atoms with E-state index in [0.29, 0.717) is 5.76 Å². The van der Waals surface area contributed by atoms with E-state index in [4.69, 9.17) is 4.42 Å². The molecular weight excluding hydrogens is 269 g/mol. The fourth-order valence-electron chi connectivity index (χ4n) is 1.98. The second-order valence-electron chi connectivity index (χ2n) is 4.49. The van der Waals surface area contributed by atoms with Crippen LogP contribution in [0.15, 0.2) is 65.1 Å². The normalized spacial score (nSPS) is 11.1. The van der Waals surface area contributed by atoms with Crippen LogP contribution in [0, 0.1) is 5.82 Å². The molecule has 0 saturated heterocycles. The molecule has 3 nitrogen and oxygen atoms in total. The molecule has 0 radical (unpaired) electrons. The molecule has 2 aromatic carbocycles. The fraction of sp³-hybridized carbons (Fsp3) is 0. The van der Waals surface area contributed by atoms with E-state index in [1.165, 1.54) is 18.2 Å². The topological polar surface area (TPSA) is 42.2 Å². The quantitative estimate of drug-likeness (QED) is 0.730. The highest BCUT2D eigenvalue weighted by atomic mass is 19.1. The van der Waals surface area contributed by atoms with Gasteiger partial charge in [-0.25, -0.2) is 4.39 Å². The highest BCUT2D eigenvalue weighted by Gasteiger charge is 2.04. The van der Waals surface area contributed by atoms with E-state index < -0.39 is 11.7 Å². The minimum Gasteiger partial charge on any atom is -0.457 e. The molecule has 21 heavy (non-hydrogen) atoms. The van der Waals surface area contributed by atoms with Gasteiger partial charge < -0.3 is 9.73 Å². The number of benzene rings is 2. The number of halogens is 1. The molecule has 0 aliphatic carbocycles. The molecule has 3 aromatic rings. The third kappa shape index (κ3) is 3.00. The van der Waals surface area contributed by atoms with Gasteiger partial charge in [0.2, 0.25) is 5.91 Å². The first-order chi connectivity index (χ1) is 10.2. The summed E-state index contributed by atoms with van der Waals surface area (Å²) in [4.78, 5) is 11.7. The number of carbonyl (C=O) groups excluding carboxylic acids is 1. The van der Waals surface area contributed by atoms with Crippen LogP contribution in [0.4, 0.5) is 10.1 Å². The second kappa shape index (κ2) is 5.63. The summed E-state index contributed by atoms with van der Waals surface area (Å²) in [5.41, 5.74) is 0.906. The summed E-state index contributed by atoms with van der Waals surface area (Å²) in [6, 6.07) is 15.4. The van der Waals surface area contributed by atoms with E-state index in [1.807, 2.05) is 30.3 Å². The first-order valence-corrected chi connectivity index (χ1v) is 6.44. The van der Waals surface area contributed by atoms with E-state index in [1.54, 1.807) is 18.2 Å². The Morgan fingerprint density at radius 2 is 1.86 bits per heavy atom. The van der Waals surface area contributed by atoms with Crippen molar-refractivity contribution in [1.82, 2.24) is 0 Å². The zero-order valence-electron chi connectivity index (χ0n) is 11.0. The van der Waals surface area contributed by atoms with Crippen LogP contribution in [0.2, 0.25) is 0 Å². The van der Waals surface area contributed by atoms with Crippen LogP contribution in [0.25, 0.3) is 17.0 Å². The van der Waals surface area contributed by atoms with Gasteiger partial charge in [0, 0.05) is 11.5 Å². The average Bonchev–Trinajstić information content (AvgIpc) is 2.90. The lowest BCUT2D eigenvalue weighted by atomic mass is 10.2. The molecule has 1 amide bonds. The smallest absolute Gasteiger partial charge is 0.248 e. The minimum atomic E-state index is -0.469. The van der Waals surface area contributed by atoms with Gasteiger partial charge in [-0.1, -0.05) is 30.3 Å². The summed E-state index contributed by atoms with van der Waals surface area (Å²) in [5.74, 6) is -0.316. The van der Waals surface area contributed by atoms with Crippen molar-refractivity contribution in [2.45, 2.75) is 0 Å². The lowest BCUT2D eigenvalue weighted by Gasteiger charge is -2.02. The molecule has 1 heterocycles. The van der Waals surface area contributed by atoms with Crippen LogP contribution in [-0.2, 0) is 4.79 Å². The summed E-state index contributed by atoms with van der Waals surface area (Å²) in [7, 11) is 0. The molecule has 0 aliphatic heterocycles. The van der Waals surface area contributed by atoms with Crippen LogP contribution >= 0.6 is 0 Å². The summed E-state index contributed by atoms with van der Waals surface area (Å²) < 4.78 is 18.9. The lowest BCUT2D eigenvalue weighted by Crippen LogP contribution is -2.08. The molecular formula is C17H12FNO2. The number of carbonyl (C=O) groups is 1. The molecule has 0 spiro atoms. The molecule has 0 atom stereocenters. The van der Waals surface area contributed by atoms with Crippen molar-refractivity contribution in [3.05, 3.63) is 72.3 Å². The van der Waals surface area contributed by atoms with Crippen molar-refractivity contribution >= 4 is 28.6 Å². The summed E-state index contributed by atoms with van der Waals surface area (Å²) in [6.07, 6.45) is 2.86. The maximum absolute atomic E-state index is 13.4. The Morgan fingerprint density at radius 3 is 2.67 bits per heavy atom. The Hall–Kier alpha value is -2.88. The minimum absolute atomic E-state index is 0.150. The Labute approximate surface area is 120 Å². The summed E-state index contributed by atoms with van der Waals surface area (Å²) >= 11 is 0. The third-order valence-electron chi connectivity index (χ3n) is 2.98. The Bertz CT molecular complexity index is 787. The number of hydrogen-bond acceptors (Lipinski definition) is 2. The zero-order valence-corrected chi connectivity index (χ0v) is 11.0. The number of hydrogen-bond donors (Lipinski definition) is 1. The fourth-order valence-corrected chi connectivity index (χ4v) is 1.98. The molecule has 3 rings (SSSR count). The molecule has 4 heteroatoms. The lowest BCUT2D eigenvalue weighted by molar-refractivity contribution is -0.111. The number of amides is 1. The summed E-state index contributed by atoms with van der Waals surface area (Å²) in [5, 5.41) is 3.44. The Morgan fingerprint density at radius 1 is 1.10 bits per heavy atom. The van der Waals surface area contributed by atoms with E-state index in [2.05, 4.69) is 5.32 Å². The van der Waals surface area contributed by atoms with Crippen LogP contribution in [-0.4, -0.2) is 5.91 Å². The van der Waals surface area contributed by atoms with E-state index in [0.717, 1.165) is 11.0 Å². The summed E-state index contributed by atoms with van der Waals surface area (Å²) in [6.45, 7) is 0. The van der Waals surface area contributed by atoms with Crippen molar-refractivity contribution < 1.29 is 13.6 Å². The van der Waals surface area contributed by atoms with Gasteiger partial charge in [-0.3, -0.25) is 4.79 Å². The highest BCUT2D eigenvalue weighted by molar-refractivity contribution is 6.02. The number of fused-ring (bicyclic) bond motifs is 1. The molecule has 1 aromatic heterocycles. The molecule has 1 N–H and O–H groups in total.